The molecule has 4 nitrogen and oxygen atoms in total. The minimum atomic E-state index is -0.314. The number of fused-ring (bicyclic) bond motifs is 1. The number of halogens is 2. The molecular formula is C16H10Cl2N2O2S2. The number of hydrogen-bond donors (Lipinski definition) is 1. The van der Waals surface area contributed by atoms with Crippen LogP contribution in [0, 0.1) is 0 Å². The largest absolute Gasteiger partial charge is 0.493 e. The van der Waals surface area contributed by atoms with Crippen molar-refractivity contribution in [1.29, 1.82) is 0 Å². The lowest BCUT2D eigenvalue weighted by molar-refractivity contribution is 0.102. The van der Waals surface area contributed by atoms with Crippen molar-refractivity contribution in [2.24, 2.45) is 0 Å². The van der Waals surface area contributed by atoms with Crippen molar-refractivity contribution in [2.45, 2.75) is 6.42 Å². The molecule has 3 aromatic rings. The molecule has 3 heterocycles. The molecule has 0 aliphatic carbocycles. The zero-order valence-corrected chi connectivity index (χ0v) is 15.3. The molecule has 8 heteroatoms. The van der Waals surface area contributed by atoms with E-state index in [0.717, 1.165) is 41.4 Å². The molecular weight excluding hydrogens is 387 g/mol. The number of nitrogens with one attached hydrogen (secondary N) is 1. The number of carbonyl (C=O) groups excluding carboxylic acids is 1. The molecule has 0 radical (unpaired) electrons. The highest BCUT2D eigenvalue weighted by Gasteiger charge is 2.17. The third-order valence-electron chi connectivity index (χ3n) is 3.61. The normalized spacial score (nSPS) is 12.8. The van der Waals surface area contributed by atoms with E-state index in [0.29, 0.717) is 19.4 Å². The summed E-state index contributed by atoms with van der Waals surface area (Å²) in [6.07, 6.45) is 0.911. The predicted octanol–water partition coefficient (Wildman–Crippen LogP) is 5.37. The summed E-state index contributed by atoms with van der Waals surface area (Å²) in [5.41, 5.74) is 3.37. The second-order valence-corrected chi connectivity index (χ2v) is 8.29. The van der Waals surface area contributed by atoms with Crippen LogP contribution in [-0.4, -0.2) is 17.5 Å². The van der Waals surface area contributed by atoms with Crippen molar-refractivity contribution in [2.75, 3.05) is 11.9 Å². The summed E-state index contributed by atoms with van der Waals surface area (Å²) in [7, 11) is 0. The van der Waals surface area contributed by atoms with Gasteiger partial charge in [0.15, 0.2) is 5.13 Å². The number of ether oxygens (including phenoxy) is 1. The maximum atomic E-state index is 12.2. The maximum Gasteiger partial charge on any atom is 0.259 e. The minimum absolute atomic E-state index is 0.314. The van der Waals surface area contributed by atoms with Gasteiger partial charge in [0, 0.05) is 17.4 Å². The van der Waals surface area contributed by atoms with Gasteiger partial charge in [0.05, 0.1) is 22.2 Å². The van der Waals surface area contributed by atoms with Crippen molar-refractivity contribution in [3.63, 3.8) is 0 Å². The molecule has 0 atom stereocenters. The van der Waals surface area contributed by atoms with Crippen LogP contribution in [0.1, 0.15) is 15.9 Å². The molecule has 1 N–H and O–H groups in total. The van der Waals surface area contributed by atoms with Gasteiger partial charge in [-0.25, -0.2) is 4.98 Å². The Morgan fingerprint density at radius 2 is 2.17 bits per heavy atom. The summed E-state index contributed by atoms with van der Waals surface area (Å²) in [4.78, 5) is 16.7. The van der Waals surface area contributed by atoms with Gasteiger partial charge in [0.25, 0.3) is 5.91 Å². The molecule has 0 fully saturated rings. The summed E-state index contributed by atoms with van der Waals surface area (Å²) in [6.45, 7) is 0.723. The number of anilines is 1. The van der Waals surface area contributed by atoms with Crippen molar-refractivity contribution in [3.05, 3.63) is 49.4 Å². The van der Waals surface area contributed by atoms with E-state index < -0.39 is 0 Å². The lowest BCUT2D eigenvalue weighted by Gasteiger charge is -2.02. The first-order valence-electron chi connectivity index (χ1n) is 7.08. The van der Waals surface area contributed by atoms with Crippen LogP contribution < -0.4 is 10.1 Å². The number of thiazole rings is 1. The first kappa shape index (κ1) is 15.9. The van der Waals surface area contributed by atoms with Gasteiger partial charge in [-0.3, -0.25) is 10.1 Å². The second-order valence-electron chi connectivity index (χ2n) is 5.15. The zero-order valence-electron chi connectivity index (χ0n) is 12.1. The third-order valence-corrected chi connectivity index (χ3v) is 5.86. The van der Waals surface area contributed by atoms with Gasteiger partial charge in [-0.15, -0.1) is 22.7 Å². The fourth-order valence-corrected chi connectivity index (χ4v) is 4.64. The lowest BCUT2D eigenvalue weighted by atomic mass is 10.1. The number of rotatable bonds is 3. The number of hydrogen-bond acceptors (Lipinski definition) is 5. The zero-order chi connectivity index (χ0) is 16.7. The van der Waals surface area contributed by atoms with E-state index in [4.69, 9.17) is 27.9 Å². The fraction of sp³-hybridized carbons (Fsp3) is 0.125. The molecule has 0 bridgehead atoms. The number of thiophene rings is 1. The topological polar surface area (TPSA) is 51.2 Å². The van der Waals surface area contributed by atoms with Crippen LogP contribution in [-0.2, 0) is 6.42 Å². The Balaban J connectivity index is 1.55. The van der Waals surface area contributed by atoms with E-state index in [1.165, 1.54) is 16.9 Å². The van der Waals surface area contributed by atoms with E-state index >= 15 is 0 Å². The fourth-order valence-electron chi connectivity index (χ4n) is 2.47. The van der Waals surface area contributed by atoms with E-state index in [1.807, 2.05) is 17.5 Å². The summed E-state index contributed by atoms with van der Waals surface area (Å²) in [6, 6.07) is 7.57. The molecule has 0 spiro atoms. The number of benzene rings is 1. The van der Waals surface area contributed by atoms with Crippen molar-refractivity contribution in [1.82, 2.24) is 4.98 Å². The van der Waals surface area contributed by atoms with Gasteiger partial charge in [0.2, 0.25) is 0 Å². The van der Waals surface area contributed by atoms with Crippen LogP contribution in [0.2, 0.25) is 8.67 Å². The number of amides is 1. The molecule has 1 aliphatic heterocycles. The van der Waals surface area contributed by atoms with Crippen LogP contribution in [0.4, 0.5) is 5.13 Å². The monoisotopic (exact) mass is 396 g/mol. The van der Waals surface area contributed by atoms with Crippen molar-refractivity contribution in [3.8, 4) is 17.0 Å². The first-order valence-corrected chi connectivity index (χ1v) is 9.53. The van der Waals surface area contributed by atoms with E-state index in [2.05, 4.69) is 16.4 Å². The van der Waals surface area contributed by atoms with Gasteiger partial charge >= 0.3 is 0 Å². The molecule has 0 saturated carbocycles. The maximum absolute atomic E-state index is 12.2. The average molecular weight is 397 g/mol. The Morgan fingerprint density at radius 3 is 2.96 bits per heavy atom. The number of aromatic nitrogens is 1. The highest BCUT2D eigenvalue weighted by Crippen LogP contribution is 2.34. The Morgan fingerprint density at radius 1 is 1.29 bits per heavy atom. The van der Waals surface area contributed by atoms with Gasteiger partial charge in [-0.1, -0.05) is 23.2 Å². The molecule has 1 aliphatic rings. The van der Waals surface area contributed by atoms with Gasteiger partial charge in [0.1, 0.15) is 10.1 Å². The third kappa shape index (κ3) is 3.02. The molecule has 4 rings (SSSR count). The SMILES string of the molecule is O=C(Nc1nc(-c2ccc3c(c2)CCO3)cs1)c1cc(Cl)sc1Cl. The summed E-state index contributed by atoms with van der Waals surface area (Å²) >= 11 is 14.4. The van der Waals surface area contributed by atoms with Crippen LogP contribution in [0.15, 0.2) is 29.6 Å². The molecule has 0 saturated heterocycles. The van der Waals surface area contributed by atoms with Crippen LogP contribution in [0.3, 0.4) is 0 Å². The summed E-state index contributed by atoms with van der Waals surface area (Å²) < 4.78 is 6.36. The number of nitrogens with zero attached hydrogens (tertiary/aromatic N) is 1. The predicted molar refractivity (Wildman–Crippen MR) is 99.0 cm³/mol. The van der Waals surface area contributed by atoms with Gasteiger partial charge < -0.3 is 4.74 Å². The van der Waals surface area contributed by atoms with Crippen LogP contribution in [0.5, 0.6) is 5.75 Å². The Labute approximate surface area is 156 Å². The van der Waals surface area contributed by atoms with E-state index in [9.17, 15) is 4.79 Å². The highest BCUT2D eigenvalue weighted by atomic mass is 35.5. The summed E-state index contributed by atoms with van der Waals surface area (Å²) in [5, 5.41) is 5.19. The molecule has 122 valence electrons. The van der Waals surface area contributed by atoms with E-state index in [-0.39, 0.29) is 5.91 Å². The van der Waals surface area contributed by atoms with Crippen LogP contribution >= 0.6 is 45.9 Å². The van der Waals surface area contributed by atoms with E-state index in [1.54, 1.807) is 6.07 Å². The molecule has 1 amide bonds. The quantitative estimate of drug-likeness (QED) is 0.647. The molecule has 0 unspecified atom stereocenters. The molecule has 24 heavy (non-hydrogen) atoms. The Kier molecular flexibility index (Phi) is 4.22. The standard InChI is InChI=1S/C16H10Cl2N2O2S2/c17-13-6-10(14(18)24-13)15(21)20-16-19-11(7-23-16)8-1-2-12-9(5-8)3-4-22-12/h1-2,5-7H,3-4H2,(H,19,20,21). The Hall–Kier alpha value is -1.60. The number of carbonyl (C=O) groups is 1. The smallest absolute Gasteiger partial charge is 0.259 e. The van der Waals surface area contributed by atoms with Gasteiger partial charge in [-0.05, 0) is 29.8 Å². The molecule has 2 aromatic heterocycles. The Bertz CT molecular complexity index is 936. The summed E-state index contributed by atoms with van der Waals surface area (Å²) in [5.74, 6) is 0.623. The van der Waals surface area contributed by atoms with Crippen molar-refractivity contribution < 1.29 is 9.53 Å². The van der Waals surface area contributed by atoms with Crippen molar-refractivity contribution >= 4 is 56.9 Å². The lowest BCUT2D eigenvalue weighted by Crippen LogP contribution is -2.11. The highest BCUT2D eigenvalue weighted by molar-refractivity contribution is 7.20. The first-order chi connectivity index (χ1) is 11.6. The average Bonchev–Trinajstić information content (AvgIpc) is 3.26. The minimum Gasteiger partial charge on any atom is -0.493 e. The second kappa shape index (κ2) is 6.37. The van der Waals surface area contributed by atoms with Crippen LogP contribution in [0.25, 0.3) is 11.3 Å². The molecule has 1 aromatic carbocycles. The van der Waals surface area contributed by atoms with Gasteiger partial charge in [-0.2, -0.15) is 0 Å².